The van der Waals surface area contributed by atoms with Crippen LogP contribution in [0.15, 0.2) is 35.8 Å². The Morgan fingerprint density at radius 1 is 1.44 bits per heavy atom. The first-order chi connectivity index (χ1) is 11.9. The molecule has 6 nitrogen and oxygen atoms in total. The minimum atomic E-state index is -0.0882. The van der Waals surface area contributed by atoms with Crippen LogP contribution < -0.4 is 5.56 Å². The molecule has 2 aromatic rings. The fourth-order valence-corrected chi connectivity index (χ4v) is 3.18. The summed E-state index contributed by atoms with van der Waals surface area (Å²) in [4.78, 5) is 27.0. The summed E-state index contributed by atoms with van der Waals surface area (Å²) in [6.45, 7) is 10.9. The zero-order chi connectivity index (χ0) is 18.1. The Labute approximate surface area is 147 Å². The molecule has 0 aliphatic carbocycles. The van der Waals surface area contributed by atoms with Crippen LogP contribution in [0, 0.1) is 0 Å². The van der Waals surface area contributed by atoms with Crippen LogP contribution in [-0.2, 0) is 0 Å². The Balaban J connectivity index is 1.77. The first kappa shape index (κ1) is 17.2. The van der Waals surface area contributed by atoms with Gasteiger partial charge in [-0.15, -0.1) is 0 Å². The Bertz CT molecular complexity index is 862. The number of pyridine rings is 1. The van der Waals surface area contributed by atoms with Crippen molar-refractivity contribution in [3.05, 3.63) is 58.3 Å². The van der Waals surface area contributed by atoms with E-state index >= 15 is 0 Å². The third-order valence-corrected chi connectivity index (χ3v) is 4.72. The lowest BCUT2D eigenvalue weighted by Gasteiger charge is -2.17. The number of aromatic amines is 1. The van der Waals surface area contributed by atoms with Gasteiger partial charge in [0.25, 0.3) is 11.5 Å². The summed E-state index contributed by atoms with van der Waals surface area (Å²) in [6.07, 6.45) is 2.55. The summed E-state index contributed by atoms with van der Waals surface area (Å²) >= 11 is 0. The van der Waals surface area contributed by atoms with Gasteiger partial charge >= 0.3 is 0 Å². The number of likely N-dealkylation sites (tertiary alicyclic amines) is 1. The number of hydrogen-bond donors (Lipinski definition) is 1. The zero-order valence-electron chi connectivity index (χ0n) is 15.0. The Hall–Kier alpha value is -2.63. The molecule has 2 aromatic heterocycles. The first-order valence-corrected chi connectivity index (χ1v) is 8.60. The van der Waals surface area contributed by atoms with Crippen LogP contribution in [0.3, 0.4) is 0 Å². The normalized spacial score (nSPS) is 17.3. The van der Waals surface area contributed by atoms with Gasteiger partial charge in [-0.1, -0.05) is 20.4 Å². The molecule has 25 heavy (non-hydrogen) atoms. The highest BCUT2D eigenvalue weighted by molar-refractivity contribution is 5.92. The molecule has 0 spiro atoms. The number of nitrogens with zero attached hydrogens (tertiary/aromatic N) is 3. The van der Waals surface area contributed by atoms with Crippen LogP contribution in [-0.4, -0.2) is 38.7 Å². The van der Waals surface area contributed by atoms with E-state index in [1.54, 1.807) is 21.7 Å². The summed E-state index contributed by atoms with van der Waals surface area (Å²) < 4.78 is 1.72. The minimum absolute atomic E-state index is 0.0146. The molecule has 1 N–H and O–H groups in total. The maximum absolute atomic E-state index is 12.7. The highest BCUT2D eigenvalue weighted by Crippen LogP contribution is 2.23. The van der Waals surface area contributed by atoms with Crippen molar-refractivity contribution in [3.8, 4) is 0 Å². The van der Waals surface area contributed by atoms with E-state index in [1.165, 1.54) is 0 Å². The minimum Gasteiger partial charge on any atom is -0.335 e. The number of carbonyl (C=O) groups is 1. The molecule has 3 heterocycles. The van der Waals surface area contributed by atoms with Crippen molar-refractivity contribution < 1.29 is 4.79 Å². The van der Waals surface area contributed by atoms with Crippen LogP contribution >= 0.6 is 0 Å². The van der Waals surface area contributed by atoms with Crippen LogP contribution in [0.4, 0.5) is 0 Å². The van der Waals surface area contributed by atoms with Gasteiger partial charge in [0.2, 0.25) is 0 Å². The highest BCUT2D eigenvalue weighted by atomic mass is 16.2. The molecule has 1 aliphatic rings. The predicted octanol–water partition coefficient (Wildman–Crippen LogP) is 2.82. The Morgan fingerprint density at radius 3 is 2.84 bits per heavy atom. The van der Waals surface area contributed by atoms with Gasteiger partial charge in [0.05, 0.1) is 6.04 Å². The molecule has 1 amide bonds. The van der Waals surface area contributed by atoms with Crippen molar-refractivity contribution in [2.24, 2.45) is 0 Å². The molecule has 0 bridgehead atoms. The quantitative estimate of drug-likeness (QED) is 0.930. The molecule has 0 unspecified atom stereocenters. The topological polar surface area (TPSA) is 71.0 Å². The number of aromatic nitrogens is 3. The zero-order valence-corrected chi connectivity index (χ0v) is 15.0. The Kier molecular flexibility index (Phi) is 4.61. The average molecular weight is 340 g/mol. The van der Waals surface area contributed by atoms with Gasteiger partial charge < -0.3 is 9.47 Å². The number of rotatable bonds is 4. The van der Waals surface area contributed by atoms with Gasteiger partial charge in [0, 0.05) is 30.5 Å². The van der Waals surface area contributed by atoms with Gasteiger partial charge in [-0.3, -0.25) is 14.7 Å². The van der Waals surface area contributed by atoms with E-state index < -0.39 is 0 Å². The van der Waals surface area contributed by atoms with Crippen molar-refractivity contribution in [1.29, 1.82) is 0 Å². The molecule has 0 saturated carbocycles. The van der Waals surface area contributed by atoms with Crippen molar-refractivity contribution >= 4 is 11.5 Å². The smallest absolute Gasteiger partial charge is 0.274 e. The van der Waals surface area contributed by atoms with E-state index in [-0.39, 0.29) is 17.5 Å². The molecule has 3 rings (SSSR count). The number of allylic oxidation sites excluding steroid dienone is 1. The lowest BCUT2D eigenvalue weighted by atomic mass is 10.1. The van der Waals surface area contributed by atoms with Crippen LogP contribution in [0.1, 0.15) is 60.9 Å². The maximum atomic E-state index is 12.7. The first-order valence-electron chi connectivity index (χ1n) is 8.60. The highest BCUT2D eigenvalue weighted by Gasteiger charge is 2.30. The SMILES string of the molecule is C=C(C)c1cccn([C@@H]2CCN(C(=O)c3cc(C(C)C)[nH]n3)C2)c1=O. The van der Waals surface area contributed by atoms with Crippen molar-refractivity contribution in [3.63, 3.8) is 0 Å². The van der Waals surface area contributed by atoms with Gasteiger partial charge in [0.1, 0.15) is 5.69 Å². The number of nitrogens with one attached hydrogen (secondary N) is 1. The van der Waals surface area contributed by atoms with Gasteiger partial charge in [-0.05, 0) is 43.0 Å². The van der Waals surface area contributed by atoms with Crippen molar-refractivity contribution in [2.75, 3.05) is 13.1 Å². The summed E-state index contributed by atoms with van der Waals surface area (Å²) in [5.41, 5.74) is 2.72. The number of carbonyl (C=O) groups excluding carboxylic acids is 1. The molecule has 6 heteroatoms. The molecule has 1 saturated heterocycles. The molecule has 132 valence electrons. The van der Waals surface area contributed by atoms with E-state index in [1.807, 2.05) is 19.1 Å². The van der Waals surface area contributed by atoms with Crippen molar-refractivity contribution in [2.45, 2.75) is 39.2 Å². The second kappa shape index (κ2) is 6.70. The van der Waals surface area contributed by atoms with E-state index in [4.69, 9.17) is 0 Å². The lowest BCUT2D eigenvalue weighted by molar-refractivity contribution is 0.0781. The second-order valence-corrected chi connectivity index (χ2v) is 6.97. The molecule has 1 aliphatic heterocycles. The maximum Gasteiger partial charge on any atom is 0.274 e. The van der Waals surface area contributed by atoms with E-state index in [2.05, 4.69) is 30.6 Å². The fourth-order valence-electron chi connectivity index (χ4n) is 3.18. The standard InChI is InChI=1S/C19H24N4O2/c1-12(2)15-6-5-8-23(18(15)24)14-7-9-22(11-14)19(25)17-10-16(13(3)4)20-21-17/h5-6,8,10,13-14H,1,7,9,11H2,2-4H3,(H,20,21)/t14-/m1/s1. The molecule has 1 atom stereocenters. The third kappa shape index (κ3) is 3.29. The van der Waals surface area contributed by atoms with Gasteiger partial charge in [-0.2, -0.15) is 5.10 Å². The van der Waals surface area contributed by atoms with Crippen LogP contribution in [0.25, 0.3) is 5.57 Å². The van der Waals surface area contributed by atoms with Crippen LogP contribution in [0.5, 0.6) is 0 Å². The monoisotopic (exact) mass is 340 g/mol. The molecular weight excluding hydrogens is 316 g/mol. The number of H-pyrrole nitrogens is 1. The lowest BCUT2D eigenvalue weighted by Crippen LogP contribution is -2.32. The summed E-state index contributed by atoms with van der Waals surface area (Å²) in [7, 11) is 0. The summed E-state index contributed by atoms with van der Waals surface area (Å²) in [6, 6.07) is 5.45. The largest absolute Gasteiger partial charge is 0.335 e. The Morgan fingerprint density at radius 2 is 2.20 bits per heavy atom. The fraction of sp³-hybridized carbons (Fsp3) is 0.421. The molecular formula is C19H24N4O2. The molecule has 1 fully saturated rings. The summed E-state index contributed by atoms with van der Waals surface area (Å²) in [5.74, 6) is 0.207. The van der Waals surface area contributed by atoms with Crippen molar-refractivity contribution in [1.82, 2.24) is 19.7 Å². The summed E-state index contributed by atoms with van der Waals surface area (Å²) in [5, 5.41) is 7.06. The molecule has 0 radical (unpaired) electrons. The molecule has 0 aromatic carbocycles. The second-order valence-electron chi connectivity index (χ2n) is 6.97. The van der Waals surface area contributed by atoms with E-state index in [0.29, 0.717) is 30.3 Å². The van der Waals surface area contributed by atoms with Gasteiger partial charge in [0.15, 0.2) is 0 Å². The van der Waals surface area contributed by atoms with E-state index in [9.17, 15) is 9.59 Å². The average Bonchev–Trinajstić information content (AvgIpc) is 3.24. The number of amides is 1. The van der Waals surface area contributed by atoms with E-state index in [0.717, 1.165) is 17.7 Å². The predicted molar refractivity (Wildman–Crippen MR) is 97.6 cm³/mol. The van der Waals surface area contributed by atoms with Crippen LogP contribution in [0.2, 0.25) is 0 Å². The van der Waals surface area contributed by atoms with Gasteiger partial charge in [-0.25, -0.2) is 0 Å². The number of hydrogen-bond acceptors (Lipinski definition) is 3. The third-order valence-electron chi connectivity index (χ3n) is 4.72.